The lowest BCUT2D eigenvalue weighted by atomic mass is 10.1. The average molecular weight is 424 g/mol. The van der Waals surface area contributed by atoms with Crippen LogP contribution in [0, 0.1) is 0 Å². The number of aliphatic imine (C=N–C) groups is 1. The van der Waals surface area contributed by atoms with Crippen molar-refractivity contribution in [3.05, 3.63) is 126 Å². The number of hydrogen-bond donors (Lipinski definition) is 0. The predicted octanol–water partition coefficient (Wildman–Crippen LogP) is 5.68. The van der Waals surface area contributed by atoms with Gasteiger partial charge in [0, 0.05) is 11.3 Å². The van der Waals surface area contributed by atoms with Crippen molar-refractivity contribution < 1.29 is 0 Å². The van der Waals surface area contributed by atoms with Crippen molar-refractivity contribution in [3.63, 3.8) is 0 Å². The Morgan fingerprint density at radius 2 is 1.17 bits per heavy atom. The molecule has 0 aromatic heterocycles. The first-order valence-corrected chi connectivity index (χ1v) is 12.5. The van der Waals surface area contributed by atoms with Gasteiger partial charge in [-0.1, -0.05) is 115 Å². The van der Waals surface area contributed by atoms with Crippen LogP contribution in [0.3, 0.4) is 0 Å². The van der Waals surface area contributed by atoms with Gasteiger partial charge in [-0.3, -0.25) is 4.99 Å². The highest BCUT2D eigenvalue weighted by Crippen LogP contribution is 2.39. The summed E-state index contributed by atoms with van der Waals surface area (Å²) in [5, 5.41) is 5.32. The summed E-state index contributed by atoms with van der Waals surface area (Å²) in [5.74, 6) is 0.994. The quantitative estimate of drug-likeness (QED) is 0.376. The predicted molar refractivity (Wildman–Crippen MR) is 133 cm³/mol. The largest absolute Gasteiger partial charge is 0.269 e. The molecule has 0 radical (unpaired) electrons. The van der Waals surface area contributed by atoms with Crippen LogP contribution >= 0.6 is 19.7 Å². The zero-order chi connectivity index (χ0) is 20.2. The van der Waals surface area contributed by atoms with Crippen LogP contribution in [-0.4, -0.2) is 10.8 Å². The summed E-state index contributed by atoms with van der Waals surface area (Å²) >= 11 is 1.87. The molecule has 5 rings (SSSR count). The Morgan fingerprint density at radius 3 is 1.80 bits per heavy atom. The van der Waals surface area contributed by atoms with E-state index in [4.69, 9.17) is 4.99 Å². The van der Waals surface area contributed by atoms with E-state index in [0.29, 0.717) is 0 Å². The number of hydrogen-bond acceptors (Lipinski definition) is 2. The summed E-state index contributed by atoms with van der Waals surface area (Å²) in [6.45, 7) is 0. The summed E-state index contributed by atoms with van der Waals surface area (Å²) < 4.78 is 0. The Kier molecular flexibility index (Phi) is 5.79. The Bertz CT molecular complexity index is 1100. The third-order valence-electron chi connectivity index (χ3n) is 5.24. The SMILES string of the molecule is c1ccc(C2=N[C@@H](c3ccccc3P(c3ccccc3)c3ccccc3)CS2)cc1. The highest BCUT2D eigenvalue weighted by molar-refractivity contribution is 8.14. The van der Waals surface area contributed by atoms with Crippen LogP contribution in [0.1, 0.15) is 17.2 Å². The second-order valence-electron chi connectivity index (χ2n) is 7.19. The van der Waals surface area contributed by atoms with Gasteiger partial charge in [0.1, 0.15) is 0 Å². The molecular formula is C27H22NPS. The van der Waals surface area contributed by atoms with Gasteiger partial charge in [0.2, 0.25) is 0 Å². The van der Waals surface area contributed by atoms with Gasteiger partial charge < -0.3 is 0 Å². The molecule has 0 unspecified atom stereocenters. The van der Waals surface area contributed by atoms with Crippen molar-refractivity contribution in [2.45, 2.75) is 6.04 Å². The fraction of sp³-hybridized carbons (Fsp3) is 0.0741. The van der Waals surface area contributed by atoms with E-state index in [2.05, 4.69) is 115 Å². The molecule has 1 aliphatic rings. The van der Waals surface area contributed by atoms with Gasteiger partial charge in [-0.2, -0.15) is 0 Å². The standard InChI is InChI=1S/C27H22NPS/c1-4-12-21(13-5-1)27-28-25(20-30-27)24-18-10-11-19-26(24)29(22-14-6-2-7-15-22)23-16-8-3-9-17-23/h1-19,25H,20H2/t25-/m1/s1. The van der Waals surface area contributed by atoms with Gasteiger partial charge in [-0.15, -0.1) is 11.8 Å². The van der Waals surface area contributed by atoms with Crippen LogP contribution in [0.25, 0.3) is 0 Å². The second-order valence-corrected chi connectivity index (χ2v) is 10.4. The molecule has 0 spiro atoms. The molecular weight excluding hydrogens is 401 g/mol. The summed E-state index contributed by atoms with van der Waals surface area (Å²) in [4.78, 5) is 5.15. The topological polar surface area (TPSA) is 12.4 Å². The molecule has 0 bridgehead atoms. The first kappa shape index (κ1) is 19.3. The first-order chi connectivity index (χ1) is 14.9. The Labute approximate surface area is 183 Å². The third-order valence-corrected chi connectivity index (χ3v) is 8.85. The fourth-order valence-electron chi connectivity index (χ4n) is 3.83. The van der Waals surface area contributed by atoms with Crippen LogP contribution < -0.4 is 15.9 Å². The third kappa shape index (κ3) is 3.99. The van der Waals surface area contributed by atoms with Crippen LogP contribution in [-0.2, 0) is 0 Å². The number of thioether (sulfide) groups is 1. The fourth-order valence-corrected chi connectivity index (χ4v) is 7.41. The molecule has 0 saturated carbocycles. The molecule has 0 saturated heterocycles. The van der Waals surface area contributed by atoms with Crippen molar-refractivity contribution in [1.29, 1.82) is 0 Å². The Morgan fingerprint density at radius 1 is 0.633 bits per heavy atom. The molecule has 1 nitrogen and oxygen atoms in total. The van der Waals surface area contributed by atoms with Gasteiger partial charge in [0.05, 0.1) is 11.1 Å². The number of nitrogens with zero attached hydrogens (tertiary/aromatic N) is 1. The van der Waals surface area contributed by atoms with Gasteiger partial charge >= 0.3 is 0 Å². The zero-order valence-corrected chi connectivity index (χ0v) is 18.3. The monoisotopic (exact) mass is 423 g/mol. The molecule has 1 heterocycles. The summed E-state index contributed by atoms with van der Waals surface area (Å²) in [7, 11) is -0.630. The van der Waals surface area contributed by atoms with E-state index in [1.165, 1.54) is 27.0 Å². The van der Waals surface area contributed by atoms with E-state index in [9.17, 15) is 0 Å². The minimum Gasteiger partial charge on any atom is -0.269 e. The van der Waals surface area contributed by atoms with Crippen molar-refractivity contribution in [2.24, 2.45) is 4.99 Å². The van der Waals surface area contributed by atoms with Crippen LogP contribution in [0.4, 0.5) is 0 Å². The van der Waals surface area contributed by atoms with E-state index in [0.717, 1.165) is 10.8 Å². The van der Waals surface area contributed by atoms with Crippen LogP contribution in [0.5, 0.6) is 0 Å². The van der Waals surface area contributed by atoms with Crippen molar-refractivity contribution in [1.82, 2.24) is 0 Å². The van der Waals surface area contributed by atoms with Crippen molar-refractivity contribution in [3.8, 4) is 0 Å². The lowest BCUT2D eigenvalue weighted by molar-refractivity contribution is 0.856. The zero-order valence-electron chi connectivity index (χ0n) is 16.6. The minimum atomic E-state index is -0.630. The van der Waals surface area contributed by atoms with Gasteiger partial charge in [-0.25, -0.2) is 0 Å². The molecule has 0 aliphatic carbocycles. The highest BCUT2D eigenvalue weighted by Gasteiger charge is 2.26. The van der Waals surface area contributed by atoms with Gasteiger partial charge in [-0.05, 0) is 29.4 Å². The van der Waals surface area contributed by atoms with E-state index in [1.807, 2.05) is 11.8 Å². The molecule has 0 fully saturated rings. The Hall–Kier alpha value is -2.67. The average Bonchev–Trinajstić information content (AvgIpc) is 3.32. The van der Waals surface area contributed by atoms with Crippen molar-refractivity contribution in [2.75, 3.05) is 5.75 Å². The molecule has 30 heavy (non-hydrogen) atoms. The van der Waals surface area contributed by atoms with Crippen LogP contribution in [0.15, 0.2) is 120 Å². The maximum Gasteiger partial charge on any atom is 0.0985 e. The molecule has 3 heteroatoms. The smallest absolute Gasteiger partial charge is 0.0985 e. The number of rotatable bonds is 5. The summed E-state index contributed by atoms with van der Waals surface area (Å²) in [6.07, 6.45) is 0. The first-order valence-electron chi connectivity index (χ1n) is 10.2. The minimum absolute atomic E-state index is 0.193. The molecule has 0 amide bonds. The molecule has 0 N–H and O–H groups in total. The molecule has 146 valence electrons. The van der Waals surface area contributed by atoms with Gasteiger partial charge in [0.25, 0.3) is 0 Å². The Balaban J connectivity index is 1.59. The molecule has 4 aromatic carbocycles. The summed E-state index contributed by atoms with van der Waals surface area (Å²) in [6, 6.07) is 41.5. The van der Waals surface area contributed by atoms with Crippen LogP contribution in [0.2, 0.25) is 0 Å². The maximum absolute atomic E-state index is 5.15. The summed E-state index contributed by atoms with van der Waals surface area (Å²) in [5.41, 5.74) is 2.57. The van der Waals surface area contributed by atoms with Crippen molar-refractivity contribution >= 4 is 40.6 Å². The van der Waals surface area contributed by atoms with E-state index in [-0.39, 0.29) is 6.04 Å². The van der Waals surface area contributed by atoms with E-state index >= 15 is 0 Å². The number of benzene rings is 4. The lowest BCUT2D eigenvalue weighted by Gasteiger charge is -2.23. The molecule has 1 aliphatic heterocycles. The normalized spacial score (nSPS) is 15.9. The lowest BCUT2D eigenvalue weighted by Crippen LogP contribution is -2.24. The van der Waals surface area contributed by atoms with Gasteiger partial charge in [0.15, 0.2) is 0 Å². The molecule has 4 aromatic rings. The molecule has 1 atom stereocenters. The highest BCUT2D eigenvalue weighted by atomic mass is 32.2. The second kappa shape index (κ2) is 9.00. The maximum atomic E-state index is 5.15. The van der Waals surface area contributed by atoms with E-state index < -0.39 is 7.92 Å². The van der Waals surface area contributed by atoms with E-state index in [1.54, 1.807) is 0 Å².